The van der Waals surface area contributed by atoms with Crippen LogP contribution in [-0.2, 0) is 0 Å². The minimum absolute atomic E-state index is 0.275. The predicted octanol–water partition coefficient (Wildman–Crippen LogP) is 2.79. The van der Waals surface area contributed by atoms with Crippen molar-refractivity contribution in [1.82, 2.24) is 0 Å². The molecule has 1 heterocycles. The van der Waals surface area contributed by atoms with Crippen molar-refractivity contribution >= 4 is 22.5 Å². The van der Waals surface area contributed by atoms with E-state index in [0.29, 0.717) is 5.17 Å². The van der Waals surface area contributed by atoms with Crippen LogP contribution in [0.2, 0.25) is 0 Å². The highest BCUT2D eigenvalue weighted by Gasteiger charge is 2.24. The highest BCUT2D eigenvalue weighted by Crippen LogP contribution is 2.37. The summed E-state index contributed by atoms with van der Waals surface area (Å²) in [6.07, 6.45) is 5.41. The first-order valence-electron chi connectivity index (χ1n) is 5.31. The molecule has 1 aliphatic heterocycles. The molecule has 0 radical (unpaired) electrons. The van der Waals surface area contributed by atoms with Crippen LogP contribution in [0.15, 0.2) is 52.4 Å². The molecule has 0 saturated heterocycles. The molecule has 0 fully saturated rings. The van der Waals surface area contributed by atoms with E-state index >= 15 is 0 Å². The van der Waals surface area contributed by atoms with Crippen LogP contribution in [0.25, 0.3) is 5.57 Å². The zero-order valence-corrected chi connectivity index (χ0v) is 9.58. The van der Waals surface area contributed by atoms with Gasteiger partial charge < -0.3 is 5.73 Å². The van der Waals surface area contributed by atoms with E-state index < -0.39 is 0 Å². The Labute approximate surface area is 99.0 Å². The molecule has 1 aliphatic carbocycles. The maximum absolute atomic E-state index is 5.73. The molecular formula is C13H12N2S. The third-order valence-corrected chi connectivity index (χ3v) is 3.74. The molecule has 1 atom stereocenters. The Morgan fingerprint density at radius 1 is 1.25 bits per heavy atom. The maximum atomic E-state index is 5.73. The zero-order valence-electron chi connectivity index (χ0n) is 8.76. The summed E-state index contributed by atoms with van der Waals surface area (Å²) in [5, 5.41) is 0.693. The molecule has 2 N–H and O–H groups in total. The lowest BCUT2D eigenvalue weighted by atomic mass is 9.97. The smallest absolute Gasteiger partial charge is 0.159 e. The fraction of sp³-hybridized carbons (Fsp3) is 0.154. The average Bonchev–Trinajstić information content (AvgIpc) is 2.69. The Morgan fingerprint density at radius 3 is 2.88 bits per heavy atom. The number of thioether (sulfide) groups is 1. The summed E-state index contributed by atoms with van der Waals surface area (Å²) in [7, 11) is 0. The molecule has 3 heteroatoms. The minimum Gasteiger partial charge on any atom is -0.378 e. The summed E-state index contributed by atoms with van der Waals surface area (Å²) in [6, 6.07) is 10.7. The molecule has 0 saturated carbocycles. The maximum Gasteiger partial charge on any atom is 0.159 e. The van der Waals surface area contributed by atoms with Gasteiger partial charge in [-0.2, -0.15) is 0 Å². The molecule has 2 aliphatic rings. The summed E-state index contributed by atoms with van der Waals surface area (Å²) < 4.78 is 0. The van der Waals surface area contributed by atoms with Gasteiger partial charge in [-0.15, -0.1) is 0 Å². The number of nitrogens with two attached hydrogens (primary N) is 1. The Bertz CT molecular complexity index is 500. The SMILES string of the molecule is NC1=NC2CC=C(c3ccccc3)C=C2S1. The second kappa shape index (κ2) is 3.83. The summed E-state index contributed by atoms with van der Waals surface area (Å²) in [6.45, 7) is 0. The lowest BCUT2D eigenvalue weighted by Gasteiger charge is -2.14. The van der Waals surface area contributed by atoms with Gasteiger partial charge in [0.05, 0.1) is 6.04 Å². The number of benzene rings is 1. The van der Waals surface area contributed by atoms with Crippen molar-refractivity contribution in [3.05, 3.63) is 53.0 Å². The standard InChI is InChI=1S/C13H12N2S/c14-13-15-11-7-6-10(8-12(11)16-13)9-4-2-1-3-5-9/h1-6,8,11H,7H2,(H2,14,15). The highest BCUT2D eigenvalue weighted by atomic mass is 32.2. The molecule has 0 amide bonds. The van der Waals surface area contributed by atoms with E-state index in [1.54, 1.807) is 11.8 Å². The highest BCUT2D eigenvalue weighted by molar-refractivity contribution is 8.17. The van der Waals surface area contributed by atoms with Gasteiger partial charge in [0.2, 0.25) is 0 Å². The van der Waals surface area contributed by atoms with Crippen molar-refractivity contribution in [2.45, 2.75) is 12.5 Å². The summed E-state index contributed by atoms with van der Waals surface area (Å²) >= 11 is 1.60. The lowest BCUT2D eigenvalue weighted by Crippen LogP contribution is -2.05. The molecule has 1 unspecified atom stereocenters. The normalized spacial score (nSPS) is 23.2. The van der Waals surface area contributed by atoms with Crippen LogP contribution in [0.3, 0.4) is 0 Å². The molecule has 0 aromatic heterocycles. The quantitative estimate of drug-likeness (QED) is 0.802. The largest absolute Gasteiger partial charge is 0.378 e. The first kappa shape index (κ1) is 9.73. The summed E-state index contributed by atoms with van der Waals surface area (Å²) in [5.74, 6) is 0. The zero-order chi connectivity index (χ0) is 11.0. The van der Waals surface area contributed by atoms with Crippen molar-refractivity contribution in [3.63, 3.8) is 0 Å². The molecular weight excluding hydrogens is 216 g/mol. The first-order chi connectivity index (χ1) is 7.83. The molecule has 1 aromatic rings. The number of hydrogen-bond acceptors (Lipinski definition) is 3. The lowest BCUT2D eigenvalue weighted by molar-refractivity contribution is 0.827. The predicted molar refractivity (Wildman–Crippen MR) is 70.1 cm³/mol. The van der Waals surface area contributed by atoms with Crippen LogP contribution in [-0.4, -0.2) is 11.2 Å². The molecule has 80 valence electrons. The van der Waals surface area contributed by atoms with E-state index in [-0.39, 0.29) is 6.04 Å². The van der Waals surface area contributed by atoms with E-state index in [1.165, 1.54) is 16.0 Å². The van der Waals surface area contributed by atoms with Gasteiger partial charge in [-0.05, 0) is 23.6 Å². The van der Waals surface area contributed by atoms with Crippen LogP contribution in [0.5, 0.6) is 0 Å². The van der Waals surface area contributed by atoms with Crippen molar-refractivity contribution in [2.24, 2.45) is 10.7 Å². The van der Waals surface area contributed by atoms with Crippen molar-refractivity contribution in [2.75, 3.05) is 0 Å². The van der Waals surface area contributed by atoms with E-state index in [0.717, 1.165) is 6.42 Å². The summed E-state index contributed by atoms with van der Waals surface area (Å²) in [5.41, 5.74) is 8.27. The summed E-state index contributed by atoms with van der Waals surface area (Å²) in [4.78, 5) is 5.66. The fourth-order valence-corrected chi connectivity index (χ4v) is 2.90. The van der Waals surface area contributed by atoms with Gasteiger partial charge >= 0.3 is 0 Å². The van der Waals surface area contributed by atoms with Gasteiger partial charge in [0.25, 0.3) is 0 Å². The van der Waals surface area contributed by atoms with Crippen LogP contribution in [0, 0.1) is 0 Å². The van der Waals surface area contributed by atoms with Crippen LogP contribution in [0.1, 0.15) is 12.0 Å². The Morgan fingerprint density at radius 2 is 2.06 bits per heavy atom. The van der Waals surface area contributed by atoms with Crippen molar-refractivity contribution in [3.8, 4) is 0 Å². The number of rotatable bonds is 1. The van der Waals surface area contributed by atoms with Gasteiger partial charge in [-0.25, -0.2) is 0 Å². The second-order valence-electron chi connectivity index (χ2n) is 3.89. The van der Waals surface area contributed by atoms with E-state index in [1.807, 2.05) is 6.07 Å². The van der Waals surface area contributed by atoms with Gasteiger partial charge in [0.1, 0.15) is 0 Å². The topological polar surface area (TPSA) is 38.4 Å². The van der Waals surface area contributed by atoms with Crippen LogP contribution >= 0.6 is 11.8 Å². The molecule has 1 aromatic carbocycles. The van der Waals surface area contributed by atoms with Gasteiger partial charge in [-0.1, -0.05) is 48.2 Å². The number of aliphatic imine (C=N–C) groups is 1. The van der Waals surface area contributed by atoms with Crippen molar-refractivity contribution < 1.29 is 0 Å². The number of hydrogen-bond donors (Lipinski definition) is 1. The molecule has 0 bridgehead atoms. The monoisotopic (exact) mass is 228 g/mol. The third-order valence-electron chi connectivity index (χ3n) is 2.80. The van der Waals surface area contributed by atoms with E-state index in [4.69, 9.17) is 5.73 Å². The van der Waals surface area contributed by atoms with Crippen LogP contribution in [0.4, 0.5) is 0 Å². The van der Waals surface area contributed by atoms with Gasteiger partial charge in [0.15, 0.2) is 5.17 Å². The molecule has 3 rings (SSSR count). The fourth-order valence-electron chi connectivity index (χ4n) is 2.01. The molecule has 16 heavy (non-hydrogen) atoms. The number of allylic oxidation sites excluding steroid dienone is 2. The Balaban J connectivity index is 1.92. The number of fused-ring (bicyclic) bond motifs is 1. The number of nitrogens with zero attached hydrogens (tertiary/aromatic N) is 1. The molecule has 2 nitrogen and oxygen atoms in total. The van der Waals surface area contributed by atoms with Crippen molar-refractivity contribution in [1.29, 1.82) is 0 Å². The average molecular weight is 228 g/mol. The van der Waals surface area contributed by atoms with E-state index in [2.05, 4.69) is 41.4 Å². The van der Waals surface area contributed by atoms with Gasteiger partial charge in [-0.3, -0.25) is 4.99 Å². The van der Waals surface area contributed by atoms with E-state index in [9.17, 15) is 0 Å². The van der Waals surface area contributed by atoms with Gasteiger partial charge in [0, 0.05) is 4.91 Å². The minimum atomic E-state index is 0.275. The second-order valence-corrected chi connectivity index (χ2v) is 4.99. The van der Waals surface area contributed by atoms with Crippen LogP contribution < -0.4 is 5.73 Å². The Hall–Kier alpha value is -1.48. The first-order valence-corrected chi connectivity index (χ1v) is 6.13. The Kier molecular flexibility index (Phi) is 2.33. The molecule has 0 spiro atoms. The third kappa shape index (κ3) is 1.67. The number of amidine groups is 1.